The topological polar surface area (TPSA) is 49.4 Å². The molecule has 1 fully saturated rings. The highest BCUT2D eigenvalue weighted by Gasteiger charge is 2.33. The van der Waals surface area contributed by atoms with E-state index in [1.165, 1.54) is 5.56 Å². The molecule has 1 aliphatic rings. The highest BCUT2D eigenvalue weighted by Crippen LogP contribution is 2.42. The number of aryl methyl sites for hydroxylation is 1. The minimum Gasteiger partial charge on any atom is -0.322 e. The van der Waals surface area contributed by atoms with E-state index in [0.29, 0.717) is 11.3 Å². The number of carbonyl (C=O) groups is 2. The average Bonchev–Trinajstić information content (AvgIpc) is 3.15. The van der Waals surface area contributed by atoms with Gasteiger partial charge in [0.15, 0.2) is 0 Å². The van der Waals surface area contributed by atoms with Crippen molar-refractivity contribution in [3.63, 3.8) is 0 Å². The lowest BCUT2D eigenvalue weighted by atomic mass is 10.1. The van der Waals surface area contributed by atoms with E-state index in [1.807, 2.05) is 53.4 Å². The van der Waals surface area contributed by atoms with Crippen LogP contribution in [-0.2, 0) is 11.2 Å². The molecule has 3 aromatic rings. The zero-order valence-corrected chi connectivity index (χ0v) is 18.9. The molecule has 0 radical (unpaired) electrons. The Hall–Kier alpha value is -2.57. The van der Waals surface area contributed by atoms with Gasteiger partial charge in [0, 0.05) is 21.4 Å². The average molecular weight is 481 g/mol. The number of hydrogen-bond donors (Lipinski definition) is 1. The molecule has 0 bridgehead atoms. The third-order valence-corrected chi connectivity index (χ3v) is 6.74. The van der Waals surface area contributed by atoms with Crippen LogP contribution < -0.4 is 10.2 Å². The van der Waals surface area contributed by atoms with Crippen molar-refractivity contribution in [2.45, 2.75) is 18.7 Å². The minimum atomic E-state index is -0.160. The first kappa shape index (κ1) is 20.7. The molecule has 1 atom stereocenters. The van der Waals surface area contributed by atoms with Crippen LogP contribution in [0.2, 0.25) is 0 Å². The Balaban J connectivity index is 1.51. The van der Waals surface area contributed by atoms with E-state index >= 15 is 0 Å². The van der Waals surface area contributed by atoms with Crippen molar-refractivity contribution in [2.24, 2.45) is 0 Å². The van der Waals surface area contributed by atoms with Crippen molar-refractivity contribution >= 4 is 50.9 Å². The Morgan fingerprint density at radius 1 is 1.10 bits per heavy atom. The van der Waals surface area contributed by atoms with Gasteiger partial charge in [-0.15, -0.1) is 11.8 Å². The predicted octanol–water partition coefficient (Wildman–Crippen LogP) is 6.04. The zero-order valence-electron chi connectivity index (χ0n) is 16.5. The molecule has 6 heteroatoms. The maximum absolute atomic E-state index is 12.6. The molecular weight excluding hydrogens is 460 g/mol. The Morgan fingerprint density at radius 2 is 1.83 bits per heavy atom. The zero-order chi connectivity index (χ0) is 21.1. The molecule has 1 N–H and O–H groups in total. The van der Waals surface area contributed by atoms with Crippen molar-refractivity contribution in [3.05, 3.63) is 94.0 Å². The maximum atomic E-state index is 12.6. The highest BCUT2D eigenvalue weighted by atomic mass is 79.9. The van der Waals surface area contributed by atoms with E-state index in [-0.39, 0.29) is 17.2 Å². The molecule has 30 heavy (non-hydrogen) atoms. The normalized spacial score (nSPS) is 16.0. The molecule has 152 valence electrons. The summed E-state index contributed by atoms with van der Waals surface area (Å²) in [6.07, 6.45) is 0.972. The van der Waals surface area contributed by atoms with E-state index in [2.05, 4.69) is 40.3 Å². The van der Waals surface area contributed by atoms with E-state index in [4.69, 9.17) is 0 Å². The van der Waals surface area contributed by atoms with Gasteiger partial charge in [0.2, 0.25) is 5.91 Å². The summed E-state index contributed by atoms with van der Waals surface area (Å²) in [5.74, 6) is 0.412. The molecule has 3 aromatic carbocycles. The Labute approximate surface area is 188 Å². The van der Waals surface area contributed by atoms with Crippen LogP contribution in [0, 0.1) is 0 Å². The minimum absolute atomic E-state index is 0.0696. The lowest BCUT2D eigenvalue weighted by molar-refractivity contribution is -0.115. The number of thioether (sulfide) groups is 1. The summed E-state index contributed by atoms with van der Waals surface area (Å²) in [4.78, 5) is 26.9. The van der Waals surface area contributed by atoms with Gasteiger partial charge in [-0.25, -0.2) is 0 Å². The van der Waals surface area contributed by atoms with Crippen LogP contribution in [0.5, 0.6) is 0 Å². The van der Waals surface area contributed by atoms with Crippen LogP contribution >= 0.6 is 27.7 Å². The monoisotopic (exact) mass is 480 g/mol. The second-order valence-corrected chi connectivity index (χ2v) is 9.02. The molecular formula is C24H21BrN2O2S. The van der Waals surface area contributed by atoms with Gasteiger partial charge in [-0.05, 0) is 60.0 Å². The van der Waals surface area contributed by atoms with Gasteiger partial charge in [-0.1, -0.05) is 53.2 Å². The third-order valence-electron chi connectivity index (χ3n) is 5.03. The summed E-state index contributed by atoms with van der Waals surface area (Å²) in [7, 11) is 0. The number of benzene rings is 3. The Kier molecular flexibility index (Phi) is 6.25. The summed E-state index contributed by atoms with van der Waals surface area (Å²) < 4.78 is 0.862. The van der Waals surface area contributed by atoms with Gasteiger partial charge in [0.05, 0.1) is 5.75 Å². The summed E-state index contributed by atoms with van der Waals surface area (Å²) in [6.45, 7) is 2.12. The maximum Gasteiger partial charge on any atom is 0.255 e. The van der Waals surface area contributed by atoms with Gasteiger partial charge < -0.3 is 5.32 Å². The highest BCUT2D eigenvalue weighted by molar-refractivity contribution is 9.10. The second kappa shape index (κ2) is 9.06. The molecule has 0 aliphatic carbocycles. The van der Waals surface area contributed by atoms with Crippen LogP contribution in [0.3, 0.4) is 0 Å². The van der Waals surface area contributed by atoms with Crippen LogP contribution in [0.25, 0.3) is 0 Å². The Bertz CT molecular complexity index is 1070. The first-order valence-electron chi connectivity index (χ1n) is 9.74. The number of anilines is 2. The molecule has 1 aliphatic heterocycles. The molecule has 4 rings (SSSR count). The van der Waals surface area contributed by atoms with Crippen molar-refractivity contribution in [3.8, 4) is 0 Å². The number of carbonyl (C=O) groups excluding carboxylic acids is 2. The van der Waals surface area contributed by atoms with Crippen LogP contribution in [0.15, 0.2) is 77.3 Å². The number of nitrogens with zero attached hydrogens (tertiary/aromatic N) is 1. The third kappa shape index (κ3) is 4.45. The van der Waals surface area contributed by atoms with Crippen molar-refractivity contribution in [1.82, 2.24) is 0 Å². The summed E-state index contributed by atoms with van der Waals surface area (Å²) in [5, 5.41) is 2.85. The molecule has 4 nitrogen and oxygen atoms in total. The van der Waals surface area contributed by atoms with Crippen LogP contribution in [0.1, 0.15) is 33.8 Å². The van der Waals surface area contributed by atoms with Gasteiger partial charge >= 0.3 is 0 Å². The van der Waals surface area contributed by atoms with E-state index in [1.54, 1.807) is 23.9 Å². The van der Waals surface area contributed by atoms with E-state index in [9.17, 15) is 9.59 Å². The molecule has 1 saturated heterocycles. The van der Waals surface area contributed by atoms with Gasteiger partial charge in [0.1, 0.15) is 5.37 Å². The molecule has 0 saturated carbocycles. The van der Waals surface area contributed by atoms with E-state index < -0.39 is 0 Å². The number of hydrogen-bond acceptors (Lipinski definition) is 3. The lowest BCUT2D eigenvalue weighted by Crippen LogP contribution is -2.27. The summed E-state index contributed by atoms with van der Waals surface area (Å²) in [5.41, 5.74) is 4.51. The molecule has 1 unspecified atom stereocenters. The smallest absolute Gasteiger partial charge is 0.255 e. The molecule has 0 aromatic heterocycles. The van der Waals surface area contributed by atoms with Crippen LogP contribution in [-0.4, -0.2) is 17.6 Å². The summed E-state index contributed by atoms with van der Waals surface area (Å²) in [6, 6.07) is 23.2. The number of amides is 2. The second-order valence-electron chi connectivity index (χ2n) is 7.03. The summed E-state index contributed by atoms with van der Waals surface area (Å²) >= 11 is 5.00. The standard InChI is InChI=1S/C24H21BrN2O2S/c1-2-16-6-12-21(13-7-16)27-22(28)15-30-24(27)17-8-10-20(11-9-17)26-23(29)18-4-3-5-19(25)14-18/h3-14,24H,2,15H2,1H3,(H,26,29). The molecule has 2 amide bonds. The first-order valence-corrected chi connectivity index (χ1v) is 11.6. The van der Waals surface area contributed by atoms with Crippen molar-refractivity contribution < 1.29 is 9.59 Å². The quantitative estimate of drug-likeness (QED) is 0.483. The first-order chi connectivity index (χ1) is 14.5. The van der Waals surface area contributed by atoms with Crippen molar-refractivity contribution in [2.75, 3.05) is 16.0 Å². The fraction of sp³-hybridized carbons (Fsp3) is 0.167. The van der Waals surface area contributed by atoms with Gasteiger partial charge in [-0.2, -0.15) is 0 Å². The number of nitrogens with one attached hydrogen (secondary N) is 1. The lowest BCUT2D eigenvalue weighted by Gasteiger charge is -2.24. The fourth-order valence-electron chi connectivity index (χ4n) is 3.41. The van der Waals surface area contributed by atoms with Crippen molar-refractivity contribution in [1.29, 1.82) is 0 Å². The van der Waals surface area contributed by atoms with E-state index in [0.717, 1.165) is 27.8 Å². The SMILES string of the molecule is CCc1ccc(N2C(=O)CSC2c2ccc(NC(=O)c3cccc(Br)c3)cc2)cc1. The van der Waals surface area contributed by atoms with Gasteiger partial charge in [0.25, 0.3) is 5.91 Å². The molecule has 1 heterocycles. The fourth-order valence-corrected chi connectivity index (χ4v) is 4.98. The Morgan fingerprint density at radius 3 is 2.50 bits per heavy atom. The number of halogens is 1. The van der Waals surface area contributed by atoms with Gasteiger partial charge in [-0.3, -0.25) is 14.5 Å². The molecule has 0 spiro atoms. The number of rotatable bonds is 5. The van der Waals surface area contributed by atoms with Crippen LogP contribution in [0.4, 0.5) is 11.4 Å². The largest absolute Gasteiger partial charge is 0.322 e. The predicted molar refractivity (Wildman–Crippen MR) is 127 cm³/mol.